The van der Waals surface area contributed by atoms with Crippen molar-refractivity contribution in [2.45, 2.75) is 19.8 Å². The lowest BCUT2D eigenvalue weighted by atomic mass is 10.1. The number of carbonyl (C=O) groups excluding carboxylic acids is 4. The van der Waals surface area contributed by atoms with Crippen molar-refractivity contribution < 1.29 is 23.9 Å². The van der Waals surface area contributed by atoms with Gasteiger partial charge in [0.25, 0.3) is 17.7 Å². The lowest BCUT2D eigenvalue weighted by molar-refractivity contribution is -0.148. The van der Waals surface area contributed by atoms with Crippen molar-refractivity contribution in [2.24, 2.45) is 0 Å². The standard InChI is InChI=1S/C22H22N2O5/c1-2-23(16-9-4-3-5-10-16)19(25)15-29-20(26)13-8-14-24-21(27)17-11-6-7-12-18(17)22(24)28/h3-7,9-12H,2,8,13-15H2,1H3. The highest BCUT2D eigenvalue weighted by Crippen LogP contribution is 2.22. The van der Waals surface area contributed by atoms with Gasteiger partial charge in [0.15, 0.2) is 6.61 Å². The number of hydrogen-bond donors (Lipinski definition) is 0. The molecule has 0 unspecified atom stereocenters. The van der Waals surface area contributed by atoms with E-state index in [-0.39, 0.29) is 43.7 Å². The third-order valence-electron chi connectivity index (χ3n) is 4.68. The number of nitrogens with zero attached hydrogens (tertiary/aromatic N) is 2. The lowest BCUT2D eigenvalue weighted by Gasteiger charge is -2.20. The summed E-state index contributed by atoms with van der Waals surface area (Å²) in [6.45, 7) is 2.07. The Kier molecular flexibility index (Phi) is 6.39. The summed E-state index contributed by atoms with van der Waals surface area (Å²) in [5.74, 6) is -1.56. The average molecular weight is 394 g/mol. The van der Waals surface area contributed by atoms with Crippen LogP contribution in [-0.2, 0) is 14.3 Å². The zero-order chi connectivity index (χ0) is 20.8. The van der Waals surface area contributed by atoms with E-state index in [4.69, 9.17) is 4.74 Å². The van der Waals surface area contributed by atoms with E-state index in [0.29, 0.717) is 17.7 Å². The van der Waals surface area contributed by atoms with Gasteiger partial charge in [0.05, 0.1) is 11.1 Å². The molecule has 3 amide bonds. The molecule has 2 aromatic rings. The minimum Gasteiger partial charge on any atom is -0.456 e. The number of anilines is 1. The summed E-state index contributed by atoms with van der Waals surface area (Å²) in [5, 5.41) is 0. The highest BCUT2D eigenvalue weighted by molar-refractivity contribution is 6.21. The number of amides is 3. The molecule has 0 aromatic heterocycles. The van der Waals surface area contributed by atoms with Crippen LogP contribution in [0.3, 0.4) is 0 Å². The number of fused-ring (bicyclic) bond motifs is 1. The van der Waals surface area contributed by atoms with Crippen LogP contribution in [0.5, 0.6) is 0 Å². The van der Waals surface area contributed by atoms with Crippen LogP contribution < -0.4 is 4.90 Å². The van der Waals surface area contributed by atoms with Crippen molar-refractivity contribution in [1.29, 1.82) is 0 Å². The Morgan fingerprint density at radius 2 is 1.52 bits per heavy atom. The van der Waals surface area contributed by atoms with Gasteiger partial charge in [-0.1, -0.05) is 30.3 Å². The largest absolute Gasteiger partial charge is 0.456 e. The molecule has 0 bridgehead atoms. The highest BCUT2D eigenvalue weighted by Gasteiger charge is 2.34. The molecule has 0 N–H and O–H groups in total. The third kappa shape index (κ3) is 4.51. The third-order valence-corrected chi connectivity index (χ3v) is 4.68. The van der Waals surface area contributed by atoms with Crippen LogP contribution in [0.2, 0.25) is 0 Å². The van der Waals surface area contributed by atoms with Gasteiger partial charge in [-0.15, -0.1) is 0 Å². The second-order valence-corrected chi connectivity index (χ2v) is 6.55. The average Bonchev–Trinajstić information content (AvgIpc) is 2.99. The predicted molar refractivity (Wildman–Crippen MR) is 106 cm³/mol. The van der Waals surface area contributed by atoms with Crippen molar-refractivity contribution in [3.05, 3.63) is 65.7 Å². The number of rotatable bonds is 8. The number of esters is 1. The number of imide groups is 1. The van der Waals surface area contributed by atoms with Gasteiger partial charge in [-0.2, -0.15) is 0 Å². The first-order chi connectivity index (χ1) is 14.0. The monoisotopic (exact) mass is 394 g/mol. The second-order valence-electron chi connectivity index (χ2n) is 6.55. The van der Waals surface area contributed by atoms with Crippen molar-refractivity contribution in [3.8, 4) is 0 Å². The van der Waals surface area contributed by atoms with Crippen molar-refractivity contribution >= 4 is 29.4 Å². The minimum atomic E-state index is -0.543. The number of hydrogen-bond acceptors (Lipinski definition) is 5. The molecule has 0 radical (unpaired) electrons. The molecule has 0 aliphatic carbocycles. The molecule has 0 fully saturated rings. The predicted octanol–water partition coefficient (Wildman–Crippen LogP) is 2.66. The normalized spacial score (nSPS) is 12.7. The Balaban J connectivity index is 1.44. The molecule has 29 heavy (non-hydrogen) atoms. The molecule has 1 aliphatic rings. The highest BCUT2D eigenvalue weighted by atomic mass is 16.5. The fraction of sp³-hybridized carbons (Fsp3) is 0.273. The maximum absolute atomic E-state index is 12.3. The van der Waals surface area contributed by atoms with E-state index < -0.39 is 5.97 Å². The summed E-state index contributed by atoms with van der Waals surface area (Å²) in [5.41, 5.74) is 1.50. The Morgan fingerprint density at radius 3 is 2.10 bits per heavy atom. The number of benzene rings is 2. The minimum absolute atomic E-state index is 0.0121. The van der Waals surface area contributed by atoms with E-state index in [1.807, 2.05) is 37.3 Å². The topological polar surface area (TPSA) is 84.0 Å². The van der Waals surface area contributed by atoms with Crippen molar-refractivity contribution in [3.63, 3.8) is 0 Å². The molecule has 1 heterocycles. The molecule has 150 valence electrons. The van der Waals surface area contributed by atoms with Crippen LogP contribution in [0.4, 0.5) is 5.69 Å². The molecule has 7 heteroatoms. The molecular formula is C22H22N2O5. The van der Waals surface area contributed by atoms with Crippen LogP contribution >= 0.6 is 0 Å². The molecular weight excluding hydrogens is 372 g/mol. The molecule has 0 saturated carbocycles. The summed E-state index contributed by atoms with van der Waals surface area (Å²) in [6, 6.07) is 15.8. The number of likely N-dealkylation sites (N-methyl/N-ethyl adjacent to an activating group) is 1. The smallest absolute Gasteiger partial charge is 0.306 e. The molecule has 2 aromatic carbocycles. The zero-order valence-electron chi connectivity index (χ0n) is 16.2. The summed E-state index contributed by atoms with van der Waals surface area (Å²) >= 11 is 0. The lowest BCUT2D eigenvalue weighted by Crippen LogP contribution is -2.34. The first-order valence-electron chi connectivity index (χ1n) is 9.49. The molecule has 7 nitrogen and oxygen atoms in total. The van der Waals surface area contributed by atoms with Crippen molar-refractivity contribution in [1.82, 2.24) is 4.90 Å². The summed E-state index contributed by atoms with van der Waals surface area (Å²) in [4.78, 5) is 51.5. The van der Waals surface area contributed by atoms with E-state index in [1.54, 1.807) is 24.3 Å². The van der Waals surface area contributed by atoms with E-state index >= 15 is 0 Å². The summed E-state index contributed by atoms with van der Waals surface area (Å²) in [7, 11) is 0. The van der Waals surface area contributed by atoms with E-state index in [1.165, 1.54) is 4.90 Å². The van der Waals surface area contributed by atoms with Crippen LogP contribution in [-0.4, -0.2) is 48.3 Å². The van der Waals surface area contributed by atoms with Crippen molar-refractivity contribution in [2.75, 3.05) is 24.6 Å². The molecule has 0 atom stereocenters. The molecule has 0 saturated heterocycles. The van der Waals surface area contributed by atoms with Gasteiger partial charge in [-0.25, -0.2) is 0 Å². The van der Waals surface area contributed by atoms with E-state index in [2.05, 4.69) is 0 Å². The molecule has 3 rings (SSSR count). The summed E-state index contributed by atoms with van der Waals surface area (Å²) in [6.07, 6.45) is 0.285. The van der Waals surface area contributed by atoms with Gasteiger partial charge in [0.2, 0.25) is 0 Å². The number of carbonyl (C=O) groups is 4. The maximum Gasteiger partial charge on any atom is 0.306 e. The van der Waals surface area contributed by atoms with Gasteiger partial charge in [0.1, 0.15) is 0 Å². The van der Waals surface area contributed by atoms with Crippen LogP contribution in [0.25, 0.3) is 0 Å². The van der Waals surface area contributed by atoms with E-state index in [9.17, 15) is 19.2 Å². The van der Waals surface area contributed by atoms with Gasteiger partial charge in [-0.3, -0.25) is 24.1 Å². The number of para-hydroxylation sites is 1. The van der Waals surface area contributed by atoms with E-state index in [0.717, 1.165) is 10.6 Å². The zero-order valence-corrected chi connectivity index (χ0v) is 16.2. The second kappa shape index (κ2) is 9.14. The van der Waals surface area contributed by atoms with Gasteiger partial charge in [-0.05, 0) is 37.6 Å². The Labute approximate surface area is 168 Å². The fourth-order valence-corrected chi connectivity index (χ4v) is 3.23. The van der Waals surface area contributed by atoms with Gasteiger partial charge >= 0.3 is 5.97 Å². The maximum atomic E-state index is 12.3. The molecule has 1 aliphatic heterocycles. The van der Waals surface area contributed by atoms with Gasteiger partial charge in [0, 0.05) is 25.2 Å². The summed E-state index contributed by atoms with van der Waals surface area (Å²) < 4.78 is 5.07. The molecule has 0 spiro atoms. The van der Waals surface area contributed by atoms with Crippen LogP contribution in [0, 0.1) is 0 Å². The van der Waals surface area contributed by atoms with Crippen LogP contribution in [0.1, 0.15) is 40.5 Å². The Hall–Kier alpha value is -3.48. The van der Waals surface area contributed by atoms with Crippen LogP contribution in [0.15, 0.2) is 54.6 Å². The SMILES string of the molecule is CCN(C(=O)COC(=O)CCCN1C(=O)c2ccccc2C1=O)c1ccccc1. The Morgan fingerprint density at radius 1 is 0.931 bits per heavy atom. The number of ether oxygens (including phenoxy) is 1. The fourth-order valence-electron chi connectivity index (χ4n) is 3.23. The quantitative estimate of drug-likeness (QED) is 0.508. The Bertz CT molecular complexity index is 891. The first kappa shape index (κ1) is 20.3. The first-order valence-corrected chi connectivity index (χ1v) is 9.49. The van der Waals surface area contributed by atoms with Gasteiger partial charge < -0.3 is 9.64 Å².